The summed E-state index contributed by atoms with van der Waals surface area (Å²) in [6.07, 6.45) is 0.957. The third-order valence-electron chi connectivity index (χ3n) is 4.06. The maximum atomic E-state index is 6.14. The topological polar surface area (TPSA) is 50.9 Å². The van der Waals surface area contributed by atoms with Gasteiger partial charge in [0.05, 0.1) is 11.4 Å². The van der Waals surface area contributed by atoms with E-state index < -0.39 is 0 Å². The van der Waals surface area contributed by atoms with Gasteiger partial charge >= 0.3 is 0 Å². The summed E-state index contributed by atoms with van der Waals surface area (Å²) < 4.78 is 0. The van der Waals surface area contributed by atoms with Crippen molar-refractivity contribution in [1.29, 1.82) is 0 Å². The molecular formula is C20H29N3. The fourth-order valence-corrected chi connectivity index (χ4v) is 3.01. The van der Waals surface area contributed by atoms with Crippen molar-refractivity contribution in [1.82, 2.24) is 4.98 Å². The van der Waals surface area contributed by atoms with Crippen LogP contribution in [0.2, 0.25) is 0 Å². The number of nitrogens with one attached hydrogen (secondary N) is 1. The van der Waals surface area contributed by atoms with E-state index in [2.05, 4.69) is 64.2 Å². The highest BCUT2D eigenvalue weighted by Crippen LogP contribution is 2.36. The Morgan fingerprint density at radius 3 is 2.30 bits per heavy atom. The minimum Gasteiger partial charge on any atom is -0.383 e. The van der Waals surface area contributed by atoms with E-state index in [9.17, 15) is 0 Å². The number of aryl methyl sites for hydroxylation is 2. The first-order chi connectivity index (χ1) is 11.0. The molecule has 0 fully saturated rings. The first kappa shape index (κ1) is 17.5. The van der Waals surface area contributed by atoms with Gasteiger partial charge in [-0.25, -0.2) is 0 Å². The molecule has 0 aliphatic carbocycles. The molecule has 3 N–H and O–H groups in total. The van der Waals surface area contributed by atoms with Crippen molar-refractivity contribution in [2.45, 2.75) is 47.6 Å². The van der Waals surface area contributed by atoms with Gasteiger partial charge in [-0.05, 0) is 44.2 Å². The Kier molecular flexibility index (Phi) is 5.78. The minimum atomic E-state index is 0.511. The standard InChI is InChI=1S/C20H29N3/c1-6-22-20-15(5)23-18(11-13(2)3)17(12-21)19(20)16-9-7-14(4)8-10-16/h7-10,13,22H,6,11-12,21H2,1-5H3. The van der Waals surface area contributed by atoms with E-state index in [1.165, 1.54) is 22.3 Å². The van der Waals surface area contributed by atoms with Crippen molar-refractivity contribution in [2.75, 3.05) is 11.9 Å². The molecule has 0 spiro atoms. The SMILES string of the molecule is CCNc1c(C)nc(CC(C)C)c(CN)c1-c1ccc(C)cc1. The third kappa shape index (κ3) is 3.91. The highest BCUT2D eigenvalue weighted by atomic mass is 14.9. The molecule has 23 heavy (non-hydrogen) atoms. The van der Waals surface area contributed by atoms with Crippen LogP contribution in [0.25, 0.3) is 11.1 Å². The highest BCUT2D eigenvalue weighted by Gasteiger charge is 2.18. The van der Waals surface area contributed by atoms with Crippen molar-refractivity contribution in [3.05, 3.63) is 46.8 Å². The van der Waals surface area contributed by atoms with Gasteiger partial charge in [-0.3, -0.25) is 4.98 Å². The second kappa shape index (κ2) is 7.60. The molecule has 0 bridgehead atoms. The Bertz CT molecular complexity index is 658. The Hall–Kier alpha value is -1.87. The molecule has 2 aromatic rings. The molecule has 0 atom stereocenters. The molecule has 1 heterocycles. The van der Waals surface area contributed by atoms with Gasteiger partial charge in [0.15, 0.2) is 0 Å². The van der Waals surface area contributed by atoms with E-state index in [0.717, 1.165) is 30.0 Å². The number of benzene rings is 1. The fourth-order valence-electron chi connectivity index (χ4n) is 3.01. The van der Waals surface area contributed by atoms with Crippen LogP contribution in [0.5, 0.6) is 0 Å². The zero-order valence-electron chi connectivity index (χ0n) is 15.0. The smallest absolute Gasteiger partial charge is 0.0639 e. The number of aromatic nitrogens is 1. The van der Waals surface area contributed by atoms with Crippen LogP contribution in [-0.4, -0.2) is 11.5 Å². The van der Waals surface area contributed by atoms with E-state index in [0.29, 0.717) is 12.5 Å². The first-order valence-electron chi connectivity index (χ1n) is 8.51. The monoisotopic (exact) mass is 311 g/mol. The number of hydrogen-bond donors (Lipinski definition) is 2. The number of hydrogen-bond acceptors (Lipinski definition) is 3. The summed E-state index contributed by atoms with van der Waals surface area (Å²) in [5.41, 5.74) is 14.3. The van der Waals surface area contributed by atoms with Gasteiger partial charge in [0.2, 0.25) is 0 Å². The van der Waals surface area contributed by atoms with E-state index in [1.54, 1.807) is 0 Å². The molecule has 3 nitrogen and oxygen atoms in total. The molecular weight excluding hydrogens is 282 g/mol. The average Bonchev–Trinajstić information content (AvgIpc) is 2.50. The maximum absolute atomic E-state index is 6.14. The zero-order valence-corrected chi connectivity index (χ0v) is 15.0. The van der Waals surface area contributed by atoms with Gasteiger partial charge < -0.3 is 11.1 Å². The summed E-state index contributed by atoms with van der Waals surface area (Å²) in [6.45, 7) is 12.1. The lowest BCUT2D eigenvalue weighted by Gasteiger charge is -2.21. The van der Waals surface area contributed by atoms with E-state index >= 15 is 0 Å². The number of pyridine rings is 1. The first-order valence-corrected chi connectivity index (χ1v) is 8.51. The van der Waals surface area contributed by atoms with Crippen LogP contribution < -0.4 is 11.1 Å². The predicted octanol–water partition coefficient (Wildman–Crippen LogP) is 4.45. The van der Waals surface area contributed by atoms with Gasteiger partial charge in [0.1, 0.15) is 0 Å². The second-order valence-electron chi connectivity index (χ2n) is 6.57. The Morgan fingerprint density at radius 2 is 1.78 bits per heavy atom. The van der Waals surface area contributed by atoms with Gasteiger partial charge in [-0.2, -0.15) is 0 Å². The summed E-state index contributed by atoms with van der Waals surface area (Å²) in [5, 5.41) is 3.49. The fraction of sp³-hybridized carbons (Fsp3) is 0.450. The van der Waals surface area contributed by atoms with Crippen LogP contribution in [0.1, 0.15) is 43.3 Å². The van der Waals surface area contributed by atoms with Crippen molar-refractivity contribution in [3.8, 4) is 11.1 Å². The molecule has 0 amide bonds. The third-order valence-corrected chi connectivity index (χ3v) is 4.06. The van der Waals surface area contributed by atoms with Gasteiger partial charge in [0, 0.05) is 24.3 Å². The predicted molar refractivity (Wildman–Crippen MR) is 99.7 cm³/mol. The summed E-state index contributed by atoms with van der Waals surface area (Å²) >= 11 is 0. The molecule has 0 saturated carbocycles. The maximum Gasteiger partial charge on any atom is 0.0639 e. The van der Waals surface area contributed by atoms with Crippen molar-refractivity contribution in [3.63, 3.8) is 0 Å². The molecule has 0 aliphatic heterocycles. The van der Waals surface area contributed by atoms with E-state index in [1.807, 2.05) is 0 Å². The molecule has 3 heteroatoms. The van der Waals surface area contributed by atoms with E-state index in [-0.39, 0.29) is 0 Å². The van der Waals surface area contributed by atoms with Crippen LogP contribution in [-0.2, 0) is 13.0 Å². The number of nitrogens with zero attached hydrogens (tertiary/aromatic N) is 1. The minimum absolute atomic E-state index is 0.511. The molecule has 0 radical (unpaired) electrons. The van der Waals surface area contributed by atoms with Crippen molar-refractivity contribution < 1.29 is 0 Å². The van der Waals surface area contributed by atoms with Crippen LogP contribution in [0.4, 0.5) is 5.69 Å². The van der Waals surface area contributed by atoms with E-state index in [4.69, 9.17) is 10.7 Å². The average molecular weight is 311 g/mol. The van der Waals surface area contributed by atoms with Crippen LogP contribution in [0.3, 0.4) is 0 Å². The van der Waals surface area contributed by atoms with Crippen LogP contribution in [0.15, 0.2) is 24.3 Å². The summed E-state index contributed by atoms with van der Waals surface area (Å²) in [7, 11) is 0. The molecule has 1 aromatic heterocycles. The number of rotatable bonds is 6. The Labute approximate surface area is 140 Å². The Balaban J connectivity index is 2.72. The second-order valence-corrected chi connectivity index (χ2v) is 6.57. The van der Waals surface area contributed by atoms with Gasteiger partial charge in [-0.15, -0.1) is 0 Å². The molecule has 2 rings (SSSR count). The Morgan fingerprint density at radius 1 is 1.13 bits per heavy atom. The summed E-state index contributed by atoms with van der Waals surface area (Å²) in [5.74, 6) is 0.558. The lowest BCUT2D eigenvalue weighted by molar-refractivity contribution is 0.629. The molecule has 124 valence electrons. The highest BCUT2D eigenvalue weighted by molar-refractivity contribution is 5.83. The zero-order chi connectivity index (χ0) is 17.0. The number of anilines is 1. The number of nitrogens with two attached hydrogens (primary N) is 1. The molecule has 0 saturated heterocycles. The van der Waals surface area contributed by atoms with Crippen LogP contribution in [0, 0.1) is 19.8 Å². The normalized spacial score (nSPS) is 11.1. The molecule has 0 unspecified atom stereocenters. The lowest BCUT2D eigenvalue weighted by Crippen LogP contribution is -2.13. The lowest BCUT2D eigenvalue weighted by atomic mass is 9.92. The van der Waals surface area contributed by atoms with Gasteiger partial charge in [0.25, 0.3) is 0 Å². The van der Waals surface area contributed by atoms with Crippen LogP contribution >= 0.6 is 0 Å². The molecule has 0 aliphatic rings. The van der Waals surface area contributed by atoms with Gasteiger partial charge in [-0.1, -0.05) is 43.7 Å². The molecule has 1 aromatic carbocycles. The largest absolute Gasteiger partial charge is 0.383 e. The summed E-state index contributed by atoms with van der Waals surface area (Å²) in [6, 6.07) is 8.68. The van der Waals surface area contributed by atoms with Crippen molar-refractivity contribution in [2.24, 2.45) is 11.7 Å². The summed E-state index contributed by atoms with van der Waals surface area (Å²) in [4.78, 5) is 4.86. The quantitative estimate of drug-likeness (QED) is 0.828. The van der Waals surface area contributed by atoms with Crippen molar-refractivity contribution >= 4 is 5.69 Å².